The van der Waals surface area contributed by atoms with E-state index in [-0.39, 0.29) is 17.8 Å². The van der Waals surface area contributed by atoms with E-state index in [0.29, 0.717) is 19.4 Å². The third-order valence-corrected chi connectivity index (χ3v) is 4.55. The van der Waals surface area contributed by atoms with Crippen molar-refractivity contribution in [3.63, 3.8) is 0 Å². The molecule has 7 heteroatoms. The van der Waals surface area contributed by atoms with Crippen LogP contribution >= 0.6 is 0 Å². The first-order chi connectivity index (χ1) is 14.0. The summed E-state index contributed by atoms with van der Waals surface area (Å²) < 4.78 is 9.89. The molecular formula is C23H44N2O5. The van der Waals surface area contributed by atoms with Crippen molar-refractivity contribution in [1.82, 2.24) is 10.6 Å². The molecule has 0 aromatic carbocycles. The van der Waals surface area contributed by atoms with Gasteiger partial charge in [0.05, 0.1) is 7.11 Å². The molecule has 0 aliphatic rings. The first-order valence-corrected chi connectivity index (χ1v) is 11.4. The molecule has 0 unspecified atom stereocenters. The Balaban J connectivity index is 3.93. The number of hydrogen-bond acceptors (Lipinski definition) is 5. The fraction of sp³-hybridized carbons (Fsp3) is 0.870. The molecule has 0 rings (SSSR count). The number of alkyl carbamates (subject to hydrolysis) is 1. The lowest BCUT2D eigenvalue weighted by Crippen LogP contribution is -2.49. The summed E-state index contributed by atoms with van der Waals surface area (Å²) in [4.78, 5) is 35.5. The minimum atomic E-state index is -0.593. The molecule has 0 saturated heterocycles. The Morgan fingerprint density at radius 1 is 0.867 bits per heavy atom. The highest BCUT2D eigenvalue weighted by molar-refractivity contribution is 5.85. The Morgan fingerprint density at radius 2 is 1.40 bits per heavy atom. The zero-order chi connectivity index (χ0) is 23.0. The number of rotatable bonds is 15. The molecule has 0 aromatic heterocycles. The van der Waals surface area contributed by atoms with E-state index in [0.717, 1.165) is 38.5 Å². The minimum absolute atomic E-state index is 0.131. The molecule has 176 valence electrons. The van der Waals surface area contributed by atoms with Crippen molar-refractivity contribution in [2.75, 3.05) is 13.7 Å². The summed E-state index contributed by atoms with van der Waals surface area (Å²) in [5, 5.41) is 5.64. The summed E-state index contributed by atoms with van der Waals surface area (Å²) >= 11 is 0. The lowest BCUT2D eigenvalue weighted by atomic mass is 10.0. The van der Waals surface area contributed by atoms with Gasteiger partial charge in [-0.1, -0.05) is 52.4 Å². The molecule has 2 N–H and O–H groups in total. The zero-order valence-electron chi connectivity index (χ0n) is 20.0. The molecule has 30 heavy (non-hydrogen) atoms. The molecule has 0 saturated carbocycles. The Labute approximate surface area is 183 Å². The summed E-state index contributed by atoms with van der Waals surface area (Å²) in [5.41, 5.74) is -0.593. The van der Waals surface area contributed by atoms with Crippen LogP contribution in [0.1, 0.15) is 98.8 Å². The summed E-state index contributed by atoms with van der Waals surface area (Å²) in [6, 6.07) is -0.579. The summed E-state index contributed by atoms with van der Waals surface area (Å²) in [6.07, 6.45) is 9.09. The van der Waals surface area contributed by atoms with E-state index in [1.54, 1.807) is 20.8 Å². The monoisotopic (exact) mass is 428 g/mol. The number of unbranched alkanes of at least 4 members (excludes halogenated alkanes) is 7. The SMILES string of the molecule is COC(=O)CCCCCCCCCCNC(=O)[C@H](CC(C)C)NC(=O)OC(C)(C)C. The predicted octanol–water partition coefficient (Wildman–Crippen LogP) is 4.73. The van der Waals surface area contributed by atoms with Crippen LogP contribution in [0.2, 0.25) is 0 Å². The van der Waals surface area contributed by atoms with Gasteiger partial charge in [-0.2, -0.15) is 0 Å². The minimum Gasteiger partial charge on any atom is -0.469 e. The van der Waals surface area contributed by atoms with Crippen molar-refractivity contribution < 1.29 is 23.9 Å². The molecule has 0 fully saturated rings. The highest BCUT2D eigenvalue weighted by atomic mass is 16.6. The first kappa shape index (κ1) is 28.2. The second-order valence-corrected chi connectivity index (χ2v) is 9.27. The summed E-state index contributed by atoms with van der Waals surface area (Å²) in [5.74, 6) is -0.00237. The Bertz CT molecular complexity index is 500. The van der Waals surface area contributed by atoms with Crippen LogP contribution in [0.4, 0.5) is 4.79 Å². The van der Waals surface area contributed by atoms with Crippen molar-refractivity contribution in [3.05, 3.63) is 0 Å². The molecule has 0 bridgehead atoms. The third kappa shape index (κ3) is 17.1. The number of nitrogens with one attached hydrogen (secondary N) is 2. The van der Waals surface area contributed by atoms with Crippen LogP contribution in [0.15, 0.2) is 0 Å². The van der Waals surface area contributed by atoms with Crippen LogP contribution in [0.3, 0.4) is 0 Å². The molecular weight excluding hydrogens is 384 g/mol. The molecule has 0 spiro atoms. The number of carbonyl (C=O) groups excluding carboxylic acids is 3. The van der Waals surface area contributed by atoms with Crippen LogP contribution in [0, 0.1) is 5.92 Å². The van der Waals surface area contributed by atoms with Gasteiger partial charge in [-0.05, 0) is 46.0 Å². The summed E-state index contributed by atoms with van der Waals surface area (Å²) in [7, 11) is 1.42. The average Bonchev–Trinajstić information content (AvgIpc) is 2.63. The van der Waals surface area contributed by atoms with Crippen LogP contribution < -0.4 is 10.6 Å². The molecule has 0 heterocycles. The van der Waals surface area contributed by atoms with Crippen molar-refractivity contribution in [2.45, 2.75) is 110 Å². The van der Waals surface area contributed by atoms with Gasteiger partial charge in [0.1, 0.15) is 11.6 Å². The zero-order valence-corrected chi connectivity index (χ0v) is 20.0. The van der Waals surface area contributed by atoms with Gasteiger partial charge in [0.15, 0.2) is 0 Å². The second-order valence-electron chi connectivity index (χ2n) is 9.27. The number of amides is 2. The van der Waals surface area contributed by atoms with E-state index >= 15 is 0 Å². The molecule has 0 radical (unpaired) electrons. The molecule has 0 aromatic rings. The quantitative estimate of drug-likeness (QED) is 0.291. The van der Waals surface area contributed by atoms with Crippen molar-refractivity contribution >= 4 is 18.0 Å². The molecule has 0 aliphatic carbocycles. The number of ether oxygens (including phenoxy) is 2. The standard InChI is InChI=1S/C23H44N2O5/c1-18(2)17-19(25-22(28)30-23(3,4)5)21(27)24-16-14-12-10-8-7-9-11-13-15-20(26)29-6/h18-19H,7-17H2,1-6H3,(H,24,27)(H,25,28)/t19-/m0/s1. The number of methoxy groups -OCH3 is 1. The maximum Gasteiger partial charge on any atom is 0.408 e. The van der Waals surface area contributed by atoms with Gasteiger partial charge >= 0.3 is 12.1 Å². The van der Waals surface area contributed by atoms with E-state index in [1.165, 1.54) is 20.0 Å². The van der Waals surface area contributed by atoms with E-state index in [1.807, 2.05) is 13.8 Å². The van der Waals surface area contributed by atoms with E-state index in [2.05, 4.69) is 15.4 Å². The van der Waals surface area contributed by atoms with Crippen molar-refractivity contribution in [2.24, 2.45) is 5.92 Å². The van der Waals surface area contributed by atoms with Crippen LogP contribution in [0.25, 0.3) is 0 Å². The highest BCUT2D eigenvalue weighted by Crippen LogP contribution is 2.11. The Morgan fingerprint density at radius 3 is 1.90 bits per heavy atom. The van der Waals surface area contributed by atoms with Gasteiger partial charge in [0.25, 0.3) is 0 Å². The topological polar surface area (TPSA) is 93.7 Å². The van der Waals surface area contributed by atoms with Crippen LogP contribution in [0.5, 0.6) is 0 Å². The van der Waals surface area contributed by atoms with Crippen molar-refractivity contribution in [1.29, 1.82) is 0 Å². The van der Waals surface area contributed by atoms with Gasteiger partial charge in [-0.25, -0.2) is 4.79 Å². The van der Waals surface area contributed by atoms with Gasteiger partial charge in [0, 0.05) is 13.0 Å². The highest BCUT2D eigenvalue weighted by Gasteiger charge is 2.24. The Kier molecular flexibility index (Phi) is 15.0. The maximum atomic E-state index is 12.5. The average molecular weight is 429 g/mol. The molecule has 0 aliphatic heterocycles. The third-order valence-electron chi connectivity index (χ3n) is 4.55. The normalized spacial score (nSPS) is 12.4. The molecule has 7 nitrogen and oxygen atoms in total. The Hall–Kier alpha value is -1.79. The number of esters is 1. The van der Waals surface area contributed by atoms with Gasteiger partial charge in [-0.3, -0.25) is 9.59 Å². The van der Waals surface area contributed by atoms with E-state index in [9.17, 15) is 14.4 Å². The van der Waals surface area contributed by atoms with Crippen molar-refractivity contribution in [3.8, 4) is 0 Å². The fourth-order valence-corrected chi connectivity index (χ4v) is 3.04. The molecule has 2 amide bonds. The molecule has 1 atom stereocenters. The van der Waals surface area contributed by atoms with Crippen LogP contribution in [-0.2, 0) is 19.1 Å². The van der Waals surface area contributed by atoms with Gasteiger partial charge in [-0.15, -0.1) is 0 Å². The first-order valence-electron chi connectivity index (χ1n) is 11.4. The predicted molar refractivity (Wildman–Crippen MR) is 119 cm³/mol. The summed E-state index contributed by atoms with van der Waals surface area (Å²) in [6.45, 7) is 10.0. The number of hydrogen-bond donors (Lipinski definition) is 2. The fourth-order valence-electron chi connectivity index (χ4n) is 3.04. The van der Waals surface area contributed by atoms with Crippen LogP contribution in [-0.4, -0.2) is 43.3 Å². The smallest absolute Gasteiger partial charge is 0.408 e. The largest absolute Gasteiger partial charge is 0.469 e. The lowest BCUT2D eigenvalue weighted by molar-refractivity contribution is -0.140. The number of carbonyl (C=O) groups is 3. The second kappa shape index (κ2) is 16.0. The maximum absolute atomic E-state index is 12.5. The lowest BCUT2D eigenvalue weighted by Gasteiger charge is -2.24. The van der Waals surface area contributed by atoms with E-state index < -0.39 is 17.7 Å². The van der Waals surface area contributed by atoms with E-state index in [4.69, 9.17) is 4.74 Å². The van der Waals surface area contributed by atoms with Gasteiger partial charge < -0.3 is 20.1 Å². The van der Waals surface area contributed by atoms with Gasteiger partial charge in [0.2, 0.25) is 5.91 Å².